The number of aryl methyl sites for hydroxylation is 2. The Bertz CT molecular complexity index is 990. The molecule has 0 aliphatic carbocycles. The molecule has 0 aromatic heterocycles. The molecule has 0 unspecified atom stereocenters. The van der Waals surface area contributed by atoms with Gasteiger partial charge in [0, 0.05) is 20.2 Å². The predicted molar refractivity (Wildman–Crippen MR) is 114 cm³/mol. The van der Waals surface area contributed by atoms with E-state index in [0.717, 1.165) is 19.7 Å². The van der Waals surface area contributed by atoms with Gasteiger partial charge in [0.25, 0.3) is 0 Å². The largest absolute Gasteiger partial charge is 0.497 e. The molecule has 158 valence electrons. The van der Waals surface area contributed by atoms with E-state index < -0.39 is 22.7 Å². The Hall–Kier alpha value is -2.78. The van der Waals surface area contributed by atoms with E-state index >= 15 is 0 Å². The van der Waals surface area contributed by atoms with Crippen LogP contribution in [0.1, 0.15) is 11.1 Å². The van der Waals surface area contributed by atoms with Crippen LogP contribution in [-0.2, 0) is 15.0 Å². The Labute approximate surface area is 172 Å². The van der Waals surface area contributed by atoms with Gasteiger partial charge in [-0.15, -0.1) is 0 Å². The Kier molecular flexibility index (Phi) is 7.10. The van der Waals surface area contributed by atoms with Crippen molar-refractivity contribution in [2.24, 2.45) is 0 Å². The monoisotopic (exact) mass is 421 g/mol. The molecule has 2 aromatic carbocycles. The summed E-state index contributed by atoms with van der Waals surface area (Å²) >= 11 is 0. The molecule has 29 heavy (non-hydrogen) atoms. The average molecular weight is 422 g/mol. The molecule has 0 radical (unpaired) electrons. The van der Waals surface area contributed by atoms with Crippen LogP contribution in [0.3, 0.4) is 0 Å². The summed E-state index contributed by atoms with van der Waals surface area (Å²) in [5.41, 5.74) is 2.47. The number of ether oxygens (including phenoxy) is 2. The maximum Gasteiger partial charge on any atom is 0.304 e. The first-order valence-corrected chi connectivity index (χ1v) is 10.3. The van der Waals surface area contributed by atoms with Gasteiger partial charge in [-0.1, -0.05) is 12.1 Å². The van der Waals surface area contributed by atoms with Gasteiger partial charge in [0.05, 0.1) is 25.6 Å². The van der Waals surface area contributed by atoms with E-state index in [-0.39, 0.29) is 0 Å². The number of hydrogen-bond acceptors (Lipinski definition) is 5. The lowest BCUT2D eigenvalue weighted by atomic mass is 10.1. The molecule has 0 aliphatic rings. The molecule has 0 atom stereocenters. The van der Waals surface area contributed by atoms with Gasteiger partial charge < -0.3 is 14.8 Å². The summed E-state index contributed by atoms with van der Waals surface area (Å²) in [5.74, 6) is 0.462. The molecule has 0 bridgehead atoms. The fourth-order valence-electron chi connectivity index (χ4n) is 2.71. The highest BCUT2D eigenvalue weighted by Gasteiger charge is 2.28. The number of methoxy groups -OCH3 is 2. The van der Waals surface area contributed by atoms with Gasteiger partial charge in [-0.25, -0.2) is 4.31 Å². The predicted octanol–water partition coefficient (Wildman–Crippen LogP) is 2.57. The summed E-state index contributed by atoms with van der Waals surface area (Å²) in [7, 11) is 1.95. The Morgan fingerprint density at radius 3 is 2.31 bits per heavy atom. The highest BCUT2D eigenvalue weighted by molar-refractivity contribution is 7.90. The topological polar surface area (TPSA) is 88.2 Å². The molecule has 0 saturated carbocycles. The molecule has 0 spiro atoms. The van der Waals surface area contributed by atoms with Gasteiger partial charge in [-0.05, 0) is 43.2 Å². The van der Waals surface area contributed by atoms with Crippen molar-refractivity contribution in [3.63, 3.8) is 0 Å². The van der Waals surface area contributed by atoms with E-state index in [2.05, 4.69) is 5.32 Å². The van der Waals surface area contributed by atoms with E-state index in [1.807, 2.05) is 19.1 Å². The first-order chi connectivity index (χ1) is 13.6. The summed E-state index contributed by atoms with van der Waals surface area (Å²) in [5, 5.41) is 2.71. The molecule has 0 aliphatic heterocycles. The molecule has 1 N–H and O–H groups in total. The third-order valence-electron chi connectivity index (χ3n) is 4.34. The molecule has 2 aromatic rings. The van der Waals surface area contributed by atoms with Gasteiger partial charge >= 0.3 is 10.2 Å². The Morgan fingerprint density at radius 2 is 1.72 bits per heavy atom. The zero-order chi connectivity index (χ0) is 21.8. The highest BCUT2D eigenvalue weighted by Crippen LogP contribution is 2.30. The average Bonchev–Trinajstić information content (AvgIpc) is 2.67. The number of nitrogens with one attached hydrogen (secondary N) is 1. The van der Waals surface area contributed by atoms with Crippen molar-refractivity contribution < 1.29 is 22.7 Å². The lowest BCUT2D eigenvalue weighted by molar-refractivity contribution is -0.114. The second-order valence-electron chi connectivity index (χ2n) is 6.70. The number of rotatable bonds is 8. The van der Waals surface area contributed by atoms with Crippen LogP contribution in [0.25, 0.3) is 0 Å². The molecule has 0 heterocycles. The quantitative estimate of drug-likeness (QED) is 0.708. The number of benzene rings is 2. The first kappa shape index (κ1) is 22.5. The Morgan fingerprint density at radius 1 is 1.03 bits per heavy atom. The van der Waals surface area contributed by atoms with E-state index in [9.17, 15) is 13.2 Å². The number of carbonyl (C=O) groups excluding carboxylic acids is 1. The highest BCUT2D eigenvalue weighted by atomic mass is 32.2. The van der Waals surface area contributed by atoms with E-state index in [1.165, 1.54) is 28.3 Å². The van der Waals surface area contributed by atoms with Gasteiger partial charge in [-0.3, -0.25) is 4.79 Å². The number of hydrogen-bond donors (Lipinski definition) is 1. The summed E-state index contributed by atoms with van der Waals surface area (Å²) < 4.78 is 38.5. The van der Waals surface area contributed by atoms with E-state index in [1.54, 1.807) is 31.2 Å². The minimum Gasteiger partial charge on any atom is -0.497 e. The van der Waals surface area contributed by atoms with Crippen molar-refractivity contribution in [2.75, 3.05) is 44.5 Å². The van der Waals surface area contributed by atoms with Crippen LogP contribution in [-0.4, -0.2) is 53.5 Å². The van der Waals surface area contributed by atoms with Crippen LogP contribution in [0, 0.1) is 13.8 Å². The van der Waals surface area contributed by atoms with Crippen molar-refractivity contribution >= 4 is 27.5 Å². The first-order valence-electron chi connectivity index (χ1n) is 8.89. The standard InChI is InChI=1S/C20H27N3O5S/c1-14-7-8-15(2)18(11-14)23(29(25,26)22(3)4)13-20(24)21-17-12-16(27-5)9-10-19(17)28-6/h7-12H,13H2,1-6H3,(H,21,24). The third kappa shape index (κ3) is 5.18. The van der Waals surface area contributed by atoms with Crippen LogP contribution < -0.4 is 19.1 Å². The molecule has 0 fully saturated rings. The SMILES string of the molecule is COc1ccc(OC)c(NC(=O)CN(c2cc(C)ccc2C)S(=O)(=O)N(C)C)c1. The number of amides is 1. The molecule has 0 saturated heterocycles. The molecule has 1 amide bonds. The molecular weight excluding hydrogens is 394 g/mol. The zero-order valence-electron chi connectivity index (χ0n) is 17.5. The Balaban J connectivity index is 2.40. The van der Waals surface area contributed by atoms with Gasteiger partial charge in [-0.2, -0.15) is 12.7 Å². The fraction of sp³-hybridized carbons (Fsp3) is 0.350. The number of carbonyl (C=O) groups is 1. The maximum atomic E-state index is 12.9. The van der Waals surface area contributed by atoms with Crippen molar-refractivity contribution in [3.05, 3.63) is 47.5 Å². The number of nitrogens with zero attached hydrogens (tertiary/aromatic N) is 2. The third-order valence-corrected chi connectivity index (χ3v) is 6.15. The summed E-state index contributed by atoms with van der Waals surface area (Å²) in [6.07, 6.45) is 0. The lowest BCUT2D eigenvalue weighted by Gasteiger charge is -2.28. The van der Waals surface area contributed by atoms with Gasteiger partial charge in [0.2, 0.25) is 5.91 Å². The van der Waals surface area contributed by atoms with Gasteiger partial charge in [0.15, 0.2) is 0 Å². The minimum absolute atomic E-state index is 0.389. The van der Waals surface area contributed by atoms with E-state index in [0.29, 0.717) is 22.9 Å². The summed E-state index contributed by atoms with van der Waals surface area (Å²) in [6.45, 7) is 3.27. The normalized spacial score (nSPS) is 11.3. The van der Waals surface area contributed by atoms with Crippen molar-refractivity contribution in [1.82, 2.24) is 4.31 Å². The minimum atomic E-state index is -3.90. The summed E-state index contributed by atoms with van der Waals surface area (Å²) in [6, 6.07) is 10.4. The molecule has 9 heteroatoms. The maximum absolute atomic E-state index is 12.9. The van der Waals surface area contributed by atoms with E-state index in [4.69, 9.17) is 9.47 Å². The van der Waals surface area contributed by atoms with Crippen molar-refractivity contribution in [2.45, 2.75) is 13.8 Å². The second-order valence-corrected chi connectivity index (χ2v) is 8.77. The molecule has 2 rings (SSSR count). The smallest absolute Gasteiger partial charge is 0.304 e. The summed E-state index contributed by atoms with van der Waals surface area (Å²) in [4.78, 5) is 12.8. The van der Waals surface area contributed by atoms with Crippen LogP contribution in [0.15, 0.2) is 36.4 Å². The lowest BCUT2D eigenvalue weighted by Crippen LogP contribution is -2.44. The van der Waals surface area contributed by atoms with Crippen LogP contribution in [0.5, 0.6) is 11.5 Å². The fourth-order valence-corrected chi connectivity index (χ4v) is 3.83. The van der Waals surface area contributed by atoms with Crippen molar-refractivity contribution in [1.29, 1.82) is 0 Å². The van der Waals surface area contributed by atoms with Gasteiger partial charge in [0.1, 0.15) is 18.0 Å². The van der Waals surface area contributed by atoms with Crippen LogP contribution in [0.2, 0.25) is 0 Å². The number of anilines is 2. The second kappa shape index (κ2) is 9.15. The molecular formula is C20H27N3O5S. The van der Waals surface area contributed by atoms with Crippen molar-refractivity contribution in [3.8, 4) is 11.5 Å². The molecule has 8 nitrogen and oxygen atoms in total. The zero-order valence-corrected chi connectivity index (χ0v) is 18.3. The van der Waals surface area contributed by atoms with Crippen LogP contribution in [0.4, 0.5) is 11.4 Å². The van der Waals surface area contributed by atoms with Crippen LogP contribution >= 0.6 is 0 Å².